The molecule has 0 atom stereocenters. The van der Waals surface area contributed by atoms with Crippen LogP contribution in [0.25, 0.3) is 11.1 Å². The molecule has 0 aliphatic heterocycles. The van der Waals surface area contributed by atoms with E-state index in [4.69, 9.17) is 14.2 Å². The van der Waals surface area contributed by atoms with Crippen molar-refractivity contribution in [2.45, 2.75) is 6.92 Å². The fraction of sp³-hybridized carbons (Fsp3) is 0.167. The molecule has 148 valence electrons. The van der Waals surface area contributed by atoms with Crippen LogP contribution in [-0.4, -0.2) is 32.6 Å². The van der Waals surface area contributed by atoms with E-state index in [1.54, 1.807) is 30.3 Å². The van der Waals surface area contributed by atoms with Gasteiger partial charge in [0.2, 0.25) is 5.78 Å². The Kier molecular flexibility index (Phi) is 6.29. The lowest BCUT2D eigenvalue weighted by Crippen LogP contribution is -2.15. The number of ether oxygens (including phenoxy) is 3. The summed E-state index contributed by atoms with van der Waals surface area (Å²) < 4.78 is 15.7. The molecule has 3 rings (SSSR count). The van der Waals surface area contributed by atoms with Crippen LogP contribution in [0.1, 0.15) is 26.3 Å². The number of Topliss-reactive ketones (excluding diaryl/α,β-unsaturated/α-hetero) is 1. The molecule has 3 aromatic carbocycles. The maximum Gasteiger partial charge on any atom is 0.339 e. The van der Waals surface area contributed by atoms with Crippen molar-refractivity contribution >= 4 is 11.8 Å². The van der Waals surface area contributed by atoms with E-state index in [9.17, 15) is 9.59 Å². The summed E-state index contributed by atoms with van der Waals surface area (Å²) in [7, 11) is 3.00. The van der Waals surface area contributed by atoms with Crippen molar-refractivity contribution in [3.63, 3.8) is 0 Å². The van der Waals surface area contributed by atoms with Gasteiger partial charge in [-0.3, -0.25) is 4.79 Å². The summed E-state index contributed by atoms with van der Waals surface area (Å²) >= 11 is 0. The molecular formula is C24H22O5. The van der Waals surface area contributed by atoms with Gasteiger partial charge >= 0.3 is 5.97 Å². The maximum atomic E-state index is 12.7. The molecule has 0 heterocycles. The standard InChI is InChI=1S/C24H22O5/c1-16-8-10-17(11-9-16)19-6-4-5-7-20(19)24(26)29-15-22(25)21-13-12-18(27-2)14-23(21)28-3/h4-14H,15H2,1-3H3. The van der Waals surface area contributed by atoms with Crippen molar-refractivity contribution in [1.29, 1.82) is 0 Å². The van der Waals surface area contributed by atoms with Gasteiger partial charge in [0.15, 0.2) is 6.61 Å². The SMILES string of the molecule is COc1ccc(C(=O)COC(=O)c2ccccc2-c2ccc(C)cc2)c(OC)c1. The number of rotatable bonds is 7. The lowest BCUT2D eigenvalue weighted by Gasteiger charge is -2.12. The summed E-state index contributed by atoms with van der Waals surface area (Å²) in [5.74, 6) is 0.0283. The average Bonchev–Trinajstić information content (AvgIpc) is 2.77. The Morgan fingerprint density at radius 2 is 1.55 bits per heavy atom. The highest BCUT2D eigenvalue weighted by atomic mass is 16.5. The highest BCUT2D eigenvalue weighted by molar-refractivity contribution is 6.03. The number of esters is 1. The molecule has 0 saturated carbocycles. The van der Waals surface area contributed by atoms with Gasteiger partial charge in [-0.1, -0.05) is 48.0 Å². The van der Waals surface area contributed by atoms with Gasteiger partial charge in [-0.2, -0.15) is 0 Å². The average molecular weight is 390 g/mol. The van der Waals surface area contributed by atoms with Gasteiger partial charge in [0.1, 0.15) is 11.5 Å². The summed E-state index contributed by atoms with van der Waals surface area (Å²) in [6.07, 6.45) is 0. The van der Waals surface area contributed by atoms with E-state index in [2.05, 4.69) is 0 Å². The van der Waals surface area contributed by atoms with E-state index in [0.29, 0.717) is 22.6 Å². The third-order valence-electron chi connectivity index (χ3n) is 4.55. The number of carbonyl (C=O) groups excluding carboxylic acids is 2. The Morgan fingerprint density at radius 1 is 0.828 bits per heavy atom. The van der Waals surface area contributed by atoms with Crippen molar-refractivity contribution < 1.29 is 23.8 Å². The Hall–Kier alpha value is -3.60. The van der Waals surface area contributed by atoms with Crippen LogP contribution < -0.4 is 9.47 Å². The van der Waals surface area contributed by atoms with Crippen LogP contribution in [0.3, 0.4) is 0 Å². The first-order valence-electron chi connectivity index (χ1n) is 9.12. The summed E-state index contributed by atoms with van der Waals surface area (Å²) in [6.45, 7) is 1.62. The number of ketones is 1. The summed E-state index contributed by atoms with van der Waals surface area (Å²) in [6, 6.07) is 19.9. The quantitative estimate of drug-likeness (QED) is 0.432. The number of hydrogen-bond donors (Lipinski definition) is 0. The fourth-order valence-corrected chi connectivity index (χ4v) is 2.96. The number of aryl methyl sites for hydroxylation is 1. The molecule has 0 bridgehead atoms. The molecule has 0 amide bonds. The lowest BCUT2D eigenvalue weighted by atomic mass is 9.99. The molecular weight excluding hydrogens is 368 g/mol. The molecule has 0 radical (unpaired) electrons. The summed E-state index contributed by atoms with van der Waals surface area (Å²) in [4.78, 5) is 25.2. The molecule has 0 saturated heterocycles. The van der Waals surface area contributed by atoms with Crippen LogP contribution in [0.15, 0.2) is 66.7 Å². The van der Waals surface area contributed by atoms with Gasteiger partial charge in [0.25, 0.3) is 0 Å². The van der Waals surface area contributed by atoms with Crippen molar-refractivity contribution in [2.75, 3.05) is 20.8 Å². The zero-order valence-corrected chi connectivity index (χ0v) is 16.6. The van der Waals surface area contributed by atoms with Gasteiger partial charge in [0, 0.05) is 6.07 Å². The number of hydrogen-bond acceptors (Lipinski definition) is 5. The monoisotopic (exact) mass is 390 g/mol. The maximum absolute atomic E-state index is 12.7. The smallest absolute Gasteiger partial charge is 0.339 e. The van der Waals surface area contributed by atoms with E-state index >= 15 is 0 Å². The molecule has 0 fully saturated rings. The molecule has 0 aliphatic carbocycles. The van der Waals surface area contributed by atoms with Gasteiger partial charge in [0.05, 0.1) is 25.3 Å². The lowest BCUT2D eigenvalue weighted by molar-refractivity contribution is 0.0474. The Labute approximate surface area is 169 Å². The fourth-order valence-electron chi connectivity index (χ4n) is 2.96. The van der Waals surface area contributed by atoms with Crippen LogP contribution in [-0.2, 0) is 4.74 Å². The summed E-state index contributed by atoms with van der Waals surface area (Å²) in [5.41, 5.74) is 3.53. The largest absolute Gasteiger partial charge is 0.497 e. The van der Waals surface area contributed by atoms with Crippen molar-refractivity contribution in [1.82, 2.24) is 0 Å². The van der Waals surface area contributed by atoms with Crippen LogP contribution in [0.2, 0.25) is 0 Å². The molecule has 0 unspecified atom stereocenters. The van der Waals surface area contributed by atoms with E-state index in [-0.39, 0.29) is 12.4 Å². The minimum atomic E-state index is -0.554. The van der Waals surface area contributed by atoms with Crippen molar-refractivity contribution in [3.05, 3.63) is 83.4 Å². The Balaban J connectivity index is 1.77. The predicted octanol–water partition coefficient (Wildman–Crippen LogP) is 4.72. The molecule has 29 heavy (non-hydrogen) atoms. The predicted molar refractivity (Wildman–Crippen MR) is 111 cm³/mol. The number of carbonyl (C=O) groups is 2. The van der Waals surface area contributed by atoms with Crippen LogP contribution >= 0.6 is 0 Å². The molecule has 5 heteroatoms. The second-order valence-electron chi connectivity index (χ2n) is 6.48. The molecule has 0 spiro atoms. The highest BCUT2D eigenvalue weighted by Crippen LogP contribution is 2.26. The molecule has 3 aromatic rings. The minimum absolute atomic E-state index is 0.327. The Bertz CT molecular complexity index is 1020. The third-order valence-corrected chi connectivity index (χ3v) is 4.55. The molecule has 0 N–H and O–H groups in total. The summed E-state index contributed by atoms with van der Waals surface area (Å²) in [5, 5.41) is 0. The van der Waals surface area contributed by atoms with Crippen LogP contribution in [0.5, 0.6) is 11.5 Å². The van der Waals surface area contributed by atoms with Crippen LogP contribution in [0.4, 0.5) is 0 Å². The van der Waals surface area contributed by atoms with E-state index in [1.165, 1.54) is 14.2 Å². The van der Waals surface area contributed by atoms with Gasteiger partial charge in [-0.05, 0) is 36.2 Å². The molecule has 5 nitrogen and oxygen atoms in total. The highest BCUT2D eigenvalue weighted by Gasteiger charge is 2.18. The zero-order chi connectivity index (χ0) is 20.8. The second-order valence-corrected chi connectivity index (χ2v) is 6.48. The molecule has 0 aromatic heterocycles. The second kappa shape index (κ2) is 9.06. The van der Waals surface area contributed by atoms with E-state index < -0.39 is 5.97 Å². The van der Waals surface area contributed by atoms with Crippen molar-refractivity contribution in [3.8, 4) is 22.6 Å². The van der Waals surface area contributed by atoms with E-state index in [1.807, 2.05) is 43.3 Å². The number of benzene rings is 3. The van der Waals surface area contributed by atoms with Gasteiger partial charge < -0.3 is 14.2 Å². The van der Waals surface area contributed by atoms with Crippen LogP contribution in [0, 0.1) is 6.92 Å². The number of methoxy groups -OCH3 is 2. The first-order chi connectivity index (χ1) is 14.0. The van der Waals surface area contributed by atoms with Crippen molar-refractivity contribution in [2.24, 2.45) is 0 Å². The third kappa shape index (κ3) is 4.63. The van der Waals surface area contributed by atoms with Gasteiger partial charge in [-0.25, -0.2) is 4.79 Å². The van der Waals surface area contributed by atoms with E-state index in [0.717, 1.165) is 16.7 Å². The minimum Gasteiger partial charge on any atom is -0.497 e. The molecule has 0 aliphatic rings. The zero-order valence-electron chi connectivity index (χ0n) is 16.6. The Morgan fingerprint density at radius 3 is 2.24 bits per heavy atom. The topological polar surface area (TPSA) is 61.8 Å². The van der Waals surface area contributed by atoms with Gasteiger partial charge in [-0.15, -0.1) is 0 Å². The first kappa shape index (κ1) is 20.1. The normalized spacial score (nSPS) is 10.3. The first-order valence-corrected chi connectivity index (χ1v) is 9.12.